The third-order valence-corrected chi connectivity index (χ3v) is 6.24. The molecule has 1 aliphatic heterocycles. The molecule has 0 aliphatic carbocycles. The third-order valence-electron chi connectivity index (χ3n) is 5.27. The summed E-state index contributed by atoms with van der Waals surface area (Å²) in [6, 6.07) is 8.93. The second-order valence-corrected chi connectivity index (χ2v) is 8.33. The number of piperidine rings is 1. The molecule has 0 radical (unpaired) electrons. The Morgan fingerprint density at radius 2 is 2.10 bits per heavy atom. The van der Waals surface area contributed by atoms with Crippen molar-refractivity contribution in [3.63, 3.8) is 0 Å². The summed E-state index contributed by atoms with van der Waals surface area (Å²) in [6.45, 7) is 3.50. The summed E-state index contributed by atoms with van der Waals surface area (Å²) in [6.07, 6.45) is 3.19. The standard InChI is InChI=1S/C21H25N5O3S/c1-3-5-15-13-18(27)26-20(23-15)30-21(24-26)25-10-8-14(9-11-25)19(28)22-16-6-4-7-17(12-16)29-2/h4,6-7,12-14H,3,5,8-11H2,1-2H3,(H,22,28). The Morgan fingerprint density at radius 3 is 2.83 bits per heavy atom. The van der Waals surface area contributed by atoms with Crippen molar-refractivity contribution in [3.8, 4) is 5.75 Å². The van der Waals surface area contributed by atoms with Gasteiger partial charge in [-0.3, -0.25) is 9.59 Å². The molecule has 0 atom stereocenters. The summed E-state index contributed by atoms with van der Waals surface area (Å²) in [5.41, 5.74) is 1.41. The van der Waals surface area contributed by atoms with Gasteiger partial charge in [-0.25, -0.2) is 4.98 Å². The maximum absolute atomic E-state index is 12.7. The molecule has 9 heteroatoms. The molecule has 8 nitrogen and oxygen atoms in total. The van der Waals surface area contributed by atoms with Crippen LogP contribution in [-0.2, 0) is 11.2 Å². The van der Waals surface area contributed by atoms with E-state index in [1.807, 2.05) is 24.3 Å². The number of ether oxygens (including phenoxy) is 1. The number of fused-ring (bicyclic) bond motifs is 1. The number of carbonyl (C=O) groups excluding carboxylic acids is 1. The van der Waals surface area contributed by atoms with Gasteiger partial charge in [-0.2, -0.15) is 4.52 Å². The first-order valence-corrected chi connectivity index (χ1v) is 11.0. The van der Waals surface area contributed by atoms with Crippen LogP contribution in [0.25, 0.3) is 4.96 Å². The SMILES string of the molecule is CCCc1cc(=O)n2nc(N3CCC(C(=O)Nc4cccc(OC)c4)CC3)sc2n1. The lowest BCUT2D eigenvalue weighted by atomic mass is 9.96. The van der Waals surface area contributed by atoms with Gasteiger partial charge in [0.25, 0.3) is 5.56 Å². The third kappa shape index (κ3) is 4.30. The number of aromatic nitrogens is 3. The first-order chi connectivity index (χ1) is 14.6. The summed E-state index contributed by atoms with van der Waals surface area (Å²) < 4.78 is 6.58. The smallest absolute Gasteiger partial charge is 0.275 e. The quantitative estimate of drug-likeness (QED) is 0.651. The van der Waals surface area contributed by atoms with Crippen LogP contribution in [0.4, 0.5) is 10.8 Å². The molecule has 0 unspecified atom stereocenters. The zero-order valence-corrected chi connectivity index (χ0v) is 17.9. The van der Waals surface area contributed by atoms with Crippen molar-refractivity contribution >= 4 is 33.0 Å². The number of methoxy groups -OCH3 is 1. The van der Waals surface area contributed by atoms with Gasteiger partial charge in [-0.15, -0.1) is 5.10 Å². The zero-order chi connectivity index (χ0) is 21.1. The number of rotatable bonds is 6. The van der Waals surface area contributed by atoms with Crippen molar-refractivity contribution in [1.29, 1.82) is 0 Å². The van der Waals surface area contributed by atoms with Gasteiger partial charge in [0, 0.05) is 42.5 Å². The maximum Gasteiger partial charge on any atom is 0.275 e. The van der Waals surface area contributed by atoms with Gasteiger partial charge in [0.15, 0.2) is 0 Å². The molecule has 1 aliphatic rings. The molecule has 0 bridgehead atoms. The highest BCUT2D eigenvalue weighted by Gasteiger charge is 2.27. The molecule has 0 spiro atoms. The number of anilines is 2. The molecule has 1 amide bonds. The van der Waals surface area contributed by atoms with Gasteiger partial charge in [0.05, 0.1) is 7.11 Å². The van der Waals surface area contributed by atoms with Crippen LogP contribution in [0, 0.1) is 5.92 Å². The van der Waals surface area contributed by atoms with E-state index in [1.54, 1.807) is 13.2 Å². The fourth-order valence-electron chi connectivity index (χ4n) is 3.64. The number of nitrogens with zero attached hydrogens (tertiary/aromatic N) is 4. The van der Waals surface area contributed by atoms with E-state index in [0.29, 0.717) is 23.8 Å². The van der Waals surface area contributed by atoms with Gasteiger partial charge in [0.2, 0.25) is 16.0 Å². The molecule has 1 saturated heterocycles. The number of aryl methyl sites for hydroxylation is 1. The van der Waals surface area contributed by atoms with Gasteiger partial charge in [-0.1, -0.05) is 30.7 Å². The topological polar surface area (TPSA) is 88.8 Å². The van der Waals surface area contributed by atoms with Crippen molar-refractivity contribution < 1.29 is 9.53 Å². The lowest BCUT2D eigenvalue weighted by Gasteiger charge is -2.30. The van der Waals surface area contributed by atoms with E-state index in [-0.39, 0.29) is 17.4 Å². The van der Waals surface area contributed by atoms with E-state index >= 15 is 0 Å². The predicted molar refractivity (Wildman–Crippen MR) is 118 cm³/mol. The second-order valence-electron chi connectivity index (χ2n) is 7.40. The molecule has 2 aromatic heterocycles. The highest BCUT2D eigenvalue weighted by molar-refractivity contribution is 7.20. The number of amides is 1. The highest BCUT2D eigenvalue weighted by Crippen LogP contribution is 2.28. The fourth-order valence-corrected chi connectivity index (χ4v) is 4.61. The van der Waals surface area contributed by atoms with Crippen LogP contribution < -0.4 is 20.5 Å². The number of hydrogen-bond donors (Lipinski definition) is 1. The Kier molecular flexibility index (Phi) is 5.98. The van der Waals surface area contributed by atoms with Gasteiger partial charge in [0.1, 0.15) is 5.75 Å². The molecular weight excluding hydrogens is 402 g/mol. The number of benzene rings is 1. The average Bonchev–Trinajstić information content (AvgIpc) is 3.19. The van der Waals surface area contributed by atoms with Gasteiger partial charge >= 0.3 is 0 Å². The normalized spacial score (nSPS) is 14.8. The van der Waals surface area contributed by atoms with E-state index in [0.717, 1.165) is 42.2 Å². The molecule has 4 rings (SSSR count). The lowest BCUT2D eigenvalue weighted by Crippen LogP contribution is -2.38. The van der Waals surface area contributed by atoms with Gasteiger partial charge < -0.3 is 15.0 Å². The minimum atomic E-state index is -0.140. The van der Waals surface area contributed by atoms with E-state index < -0.39 is 0 Å². The molecule has 1 fully saturated rings. The van der Waals surface area contributed by atoms with Gasteiger partial charge in [-0.05, 0) is 31.4 Å². The van der Waals surface area contributed by atoms with Crippen LogP contribution in [-0.4, -0.2) is 40.7 Å². The Morgan fingerprint density at radius 1 is 1.30 bits per heavy atom. The maximum atomic E-state index is 12.7. The molecule has 3 heterocycles. The molecule has 1 aromatic carbocycles. The van der Waals surface area contributed by atoms with Crippen molar-refractivity contribution in [1.82, 2.24) is 14.6 Å². The number of carbonyl (C=O) groups is 1. The summed E-state index contributed by atoms with van der Waals surface area (Å²) in [7, 11) is 1.60. The molecule has 30 heavy (non-hydrogen) atoms. The zero-order valence-electron chi connectivity index (χ0n) is 17.1. The van der Waals surface area contributed by atoms with Crippen LogP contribution in [0.1, 0.15) is 31.9 Å². The molecular formula is C21H25N5O3S. The van der Waals surface area contributed by atoms with Crippen LogP contribution in [0.5, 0.6) is 5.75 Å². The first-order valence-electron chi connectivity index (χ1n) is 10.2. The Labute approximate surface area is 178 Å². The minimum Gasteiger partial charge on any atom is -0.497 e. The Hall–Kier alpha value is -2.94. The van der Waals surface area contributed by atoms with Crippen LogP contribution >= 0.6 is 11.3 Å². The summed E-state index contributed by atoms with van der Waals surface area (Å²) in [5.74, 6) is 0.678. The second kappa shape index (κ2) is 8.83. The molecule has 3 aromatic rings. The summed E-state index contributed by atoms with van der Waals surface area (Å²) >= 11 is 1.43. The van der Waals surface area contributed by atoms with Crippen molar-refractivity contribution in [2.75, 3.05) is 30.4 Å². The van der Waals surface area contributed by atoms with Crippen molar-refractivity contribution in [3.05, 3.63) is 46.4 Å². The molecule has 0 saturated carbocycles. The number of hydrogen-bond acceptors (Lipinski definition) is 7. The van der Waals surface area contributed by atoms with Crippen LogP contribution in [0.3, 0.4) is 0 Å². The molecule has 158 valence electrons. The van der Waals surface area contributed by atoms with Crippen LogP contribution in [0.15, 0.2) is 35.1 Å². The predicted octanol–water partition coefficient (Wildman–Crippen LogP) is 2.97. The Bertz CT molecular complexity index is 1100. The van der Waals surface area contributed by atoms with E-state index in [9.17, 15) is 9.59 Å². The minimum absolute atomic E-state index is 0.0225. The van der Waals surface area contributed by atoms with E-state index in [1.165, 1.54) is 15.9 Å². The Balaban J connectivity index is 1.41. The number of nitrogens with one attached hydrogen (secondary N) is 1. The lowest BCUT2D eigenvalue weighted by molar-refractivity contribution is -0.120. The molecule has 1 N–H and O–H groups in total. The van der Waals surface area contributed by atoms with E-state index in [2.05, 4.69) is 27.2 Å². The van der Waals surface area contributed by atoms with E-state index in [4.69, 9.17) is 4.74 Å². The average molecular weight is 428 g/mol. The van der Waals surface area contributed by atoms with Crippen molar-refractivity contribution in [2.45, 2.75) is 32.6 Å². The monoisotopic (exact) mass is 427 g/mol. The fraction of sp³-hybridized carbons (Fsp3) is 0.429. The highest BCUT2D eigenvalue weighted by atomic mass is 32.1. The largest absolute Gasteiger partial charge is 0.497 e. The summed E-state index contributed by atoms with van der Waals surface area (Å²) in [4.78, 5) is 32.3. The summed E-state index contributed by atoms with van der Waals surface area (Å²) in [5, 5.41) is 8.23. The van der Waals surface area contributed by atoms with Crippen molar-refractivity contribution in [2.24, 2.45) is 5.92 Å². The van der Waals surface area contributed by atoms with Crippen LogP contribution in [0.2, 0.25) is 0 Å². The first kappa shape index (κ1) is 20.3.